The maximum Gasteiger partial charge on any atom is 0.336 e. The highest BCUT2D eigenvalue weighted by Crippen LogP contribution is 2.35. The highest BCUT2D eigenvalue weighted by atomic mass is 35.5. The number of halogens is 1. The van der Waals surface area contributed by atoms with Crippen LogP contribution in [0.4, 0.5) is 5.69 Å². The van der Waals surface area contributed by atoms with Crippen LogP contribution in [0.5, 0.6) is 17.2 Å². The maximum atomic E-state index is 13.1. The molecule has 2 aromatic heterocycles. The number of carbonyl (C=O) groups is 2. The molecule has 0 bridgehead atoms. The van der Waals surface area contributed by atoms with Gasteiger partial charge in [0.25, 0.3) is 0 Å². The average molecular weight is 892 g/mol. The van der Waals surface area contributed by atoms with Gasteiger partial charge in [-0.2, -0.15) is 10.2 Å². The summed E-state index contributed by atoms with van der Waals surface area (Å²) in [6.45, 7) is 4.97. The van der Waals surface area contributed by atoms with Gasteiger partial charge in [-0.1, -0.05) is 60.1 Å². The van der Waals surface area contributed by atoms with Crippen LogP contribution in [0.1, 0.15) is 61.7 Å². The number of aliphatic carboxylic acids is 2. The van der Waals surface area contributed by atoms with Crippen LogP contribution in [0, 0.1) is 0 Å². The molecule has 1 aliphatic rings. The molecule has 2 heterocycles. The van der Waals surface area contributed by atoms with Gasteiger partial charge in [0, 0.05) is 48.4 Å². The quantitative estimate of drug-likeness (QED) is 0.0709. The summed E-state index contributed by atoms with van der Waals surface area (Å²) in [7, 11) is 7.13. The number of hydrogen-bond acceptors (Lipinski definition) is 10. The molecule has 7 rings (SSSR count). The summed E-state index contributed by atoms with van der Waals surface area (Å²) in [5, 5.41) is 30.5. The summed E-state index contributed by atoms with van der Waals surface area (Å²) in [5.74, 6) is -0.355. The number of para-hydroxylation sites is 1. The van der Waals surface area contributed by atoms with E-state index in [0.29, 0.717) is 51.3 Å². The Kier molecular flexibility index (Phi) is 13.7. The highest BCUT2D eigenvalue weighted by Gasteiger charge is 2.36. The molecule has 14 nitrogen and oxygen atoms in total. The summed E-state index contributed by atoms with van der Waals surface area (Å²) >= 11 is 7.15. The van der Waals surface area contributed by atoms with Gasteiger partial charge >= 0.3 is 11.9 Å². The molecule has 15 heteroatoms. The van der Waals surface area contributed by atoms with Crippen molar-refractivity contribution in [2.45, 2.75) is 83.6 Å². The largest absolute Gasteiger partial charge is 0.497 e. The number of anilines is 1. The van der Waals surface area contributed by atoms with Crippen molar-refractivity contribution in [1.29, 1.82) is 0 Å². The van der Waals surface area contributed by atoms with Crippen LogP contribution < -0.4 is 19.1 Å². The lowest BCUT2D eigenvalue weighted by atomic mass is 9.95. The molecule has 4 aromatic carbocycles. The van der Waals surface area contributed by atoms with Crippen LogP contribution in [0.2, 0.25) is 5.02 Å². The zero-order valence-corrected chi connectivity index (χ0v) is 37.9. The topological polar surface area (TPSA) is 160 Å². The monoisotopic (exact) mass is 891 g/mol. The lowest BCUT2D eigenvalue weighted by molar-refractivity contribution is -0.165. The summed E-state index contributed by atoms with van der Waals surface area (Å²) < 4.78 is 32.9. The lowest BCUT2D eigenvalue weighted by Crippen LogP contribution is -2.40. The minimum absolute atomic E-state index is 0.0538. The van der Waals surface area contributed by atoms with Gasteiger partial charge in [0.1, 0.15) is 17.2 Å². The van der Waals surface area contributed by atoms with Crippen molar-refractivity contribution < 1.29 is 43.5 Å². The van der Waals surface area contributed by atoms with Crippen molar-refractivity contribution in [3.8, 4) is 39.8 Å². The summed E-state index contributed by atoms with van der Waals surface area (Å²) in [4.78, 5) is 26.9. The first kappa shape index (κ1) is 45.7. The van der Waals surface area contributed by atoms with E-state index in [0.717, 1.165) is 46.7 Å². The van der Waals surface area contributed by atoms with Gasteiger partial charge in [-0.15, -0.1) is 0 Å². The zero-order valence-electron chi connectivity index (χ0n) is 37.1. The third-order valence-corrected chi connectivity index (χ3v) is 11.6. The fraction of sp³-hybridized carbons (Fsp3) is 0.347. The first-order valence-corrected chi connectivity index (χ1v) is 21.3. The first-order chi connectivity index (χ1) is 30.5. The van der Waals surface area contributed by atoms with E-state index in [1.165, 1.54) is 20.8 Å². The van der Waals surface area contributed by atoms with Crippen molar-refractivity contribution >= 4 is 29.2 Å². The van der Waals surface area contributed by atoms with E-state index in [-0.39, 0.29) is 32.3 Å². The second kappa shape index (κ2) is 19.2. The lowest BCUT2D eigenvalue weighted by Gasteiger charge is -2.26. The predicted octanol–water partition coefficient (Wildman–Crippen LogP) is 8.77. The van der Waals surface area contributed by atoms with Crippen molar-refractivity contribution in [3.63, 3.8) is 0 Å². The molecule has 1 unspecified atom stereocenters. The van der Waals surface area contributed by atoms with E-state index >= 15 is 0 Å². The number of methoxy groups -OCH3 is 2. The van der Waals surface area contributed by atoms with E-state index in [4.69, 9.17) is 45.5 Å². The molecular weight excluding hydrogens is 838 g/mol. The highest BCUT2D eigenvalue weighted by molar-refractivity contribution is 6.32. The first-order valence-electron chi connectivity index (χ1n) is 21.0. The van der Waals surface area contributed by atoms with Gasteiger partial charge in [0.2, 0.25) is 0 Å². The Balaban J connectivity index is 1.16. The Morgan fingerprint density at radius 3 is 1.88 bits per heavy atom. The Bertz CT molecular complexity index is 2610. The molecule has 64 heavy (non-hydrogen) atoms. The number of rotatable bonds is 21. The third kappa shape index (κ3) is 10.7. The molecule has 336 valence electrons. The molecule has 0 amide bonds. The van der Waals surface area contributed by atoms with Crippen molar-refractivity contribution in [1.82, 2.24) is 19.6 Å². The standard InChI is InChI=1S/C49H54ClN5O9/c1-48(2,46(56)57)62-29-36-24-44(35-21-40(60-6)25-41(22-35)61-7)55(51-36)28-34-15-10-14-32(45(34)50)26-49(3,47(58)59)63-30-37-23-43(31-13-11-16-39(20-31)64-38-18-19-38)54(52-37)27-33-12-8-9-17-42(33)53(4)5/h8-17,20-25,38H,18-19,26-30H2,1-7H3,(H,56,57)(H,58,59). The fourth-order valence-corrected chi connectivity index (χ4v) is 7.50. The number of carboxylic acid groups (broad SMARTS) is 2. The van der Waals surface area contributed by atoms with E-state index in [9.17, 15) is 19.8 Å². The van der Waals surface area contributed by atoms with Crippen molar-refractivity contribution in [2.24, 2.45) is 0 Å². The van der Waals surface area contributed by atoms with Crippen LogP contribution >= 0.6 is 11.6 Å². The van der Waals surface area contributed by atoms with Crippen LogP contribution in [0.3, 0.4) is 0 Å². The van der Waals surface area contributed by atoms with Crippen LogP contribution in [-0.2, 0) is 51.8 Å². The van der Waals surface area contributed by atoms with E-state index in [1.807, 2.05) is 91.6 Å². The van der Waals surface area contributed by atoms with Gasteiger partial charge in [-0.25, -0.2) is 9.59 Å². The molecule has 0 spiro atoms. The van der Waals surface area contributed by atoms with Gasteiger partial charge in [-0.05, 0) is 92.8 Å². The Labute approximate surface area is 377 Å². The molecule has 6 aromatic rings. The minimum atomic E-state index is -1.70. The molecule has 0 saturated heterocycles. The van der Waals surface area contributed by atoms with Crippen molar-refractivity contribution in [3.05, 3.63) is 130 Å². The van der Waals surface area contributed by atoms with Gasteiger partial charge in [0.05, 0.1) is 69.4 Å². The number of ether oxygens (including phenoxy) is 5. The Morgan fingerprint density at radius 1 is 0.703 bits per heavy atom. The van der Waals surface area contributed by atoms with Crippen molar-refractivity contribution in [2.75, 3.05) is 33.2 Å². The van der Waals surface area contributed by atoms with Crippen LogP contribution in [0.25, 0.3) is 22.5 Å². The molecule has 1 fully saturated rings. The number of hydrogen-bond donors (Lipinski definition) is 2. The smallest absolute Gasteiger partial charge is 0.336 e. The van der Waals surface area contributed by atoms with Crippen LogP contribution in [-0.4, -0.2) is 87.3 Å². The number of benzene rings is 4. The molecule has 0 radical (unpaired) electrons. The zero-order chi connectivity index (χ0) is 45.8. The fourth-order valence-electron chi connectivity index (χ4n) is 7.25. The number of carboxylic acids is 2. The normalized spacial score (nSPS) is 13.6. The molecule has 1 aliphatic carbocycles. The maximum absolute atomic E-state index is 13.1. The third-order valence-electron chi connectivity index (χ3n) is 11.2. The average Bonchev–Trinajstić information content (AvgIpc) is 3.85. The van der Waals surface area contributed by atoms with Gasteiger partial charge in [0.15, 0.2) is 11.2 Å². The summed E-state index contributed by atoms with van der Waals surface area (Å²) in [5.41, 5.74) is 4.39. The second-order valence-electron chi connectivity index (χ2n) is 16.8. The second-order valence-corrected chi connectivity index (χ2v) is 17.2. The molecule has 0 aliphatic heterocycles. The van der Waals surface area contributed by atoms with E-state index < -0.39 is 23.1 Å². The summed E-state index contributed by atoms with van der Waals surface area (Å²) in [6, 6.07) is 30.7. The summed E-state index contributed by atoms with van der Waals surface area (Å²) in [6.07, 6.45) is 2.27. The molecule has 1 saturated carbocycles. The van der Waals surface area contributed by atoms with E-state index in [1.54, 1.807) is 31.0 Å². The number of aromatic nitrogens is 4. The van der Waals surface area contributed by atoms with Gasteiger partial charge < -0.3 is 38.8 Å². The van der Waals surface area contributed by atoms with Gasteiger partial charge in [-0.3, -0.25) is 9.36 Å². The SMILES string of the molecule is COc1cc(OC)cc(-c2cc(COC(C)(C)C(=O)O)nn2Cc2cccc(CC(C)(OCc3cc(-c4cccc(OC5CC5)c4)n(Cc4ccccc4N(C)C)n3)C(=O)O)c2Cl)c1. The predicted molar refractivity (Wildman–Crippen MR) is 244 cm³/mol. The Morgan fingerprint density at radius 2 is 1.27 bits per heavy atom. The van der Waals surface area contributed by atoms with Crippen LogP contribution in [0.15, 0.2) is 97.1 Å². The molecule has 1 atom stereocenters. The Hall–Kier alpha value is -6.35. The molecule has 2 N–H and O–H groups in total. The number of nitrogens with zero attached hydrogens (tertiary/aromatic N) is 5. The minimum Gasteiger partial charge on any atom is -0.497 e. The van der Waals surface area contributed by atoms with E-state index in [2.05, 4.69) is 17.0 Å². The molecular formula is C49H54ClN5O9.